The fourth-order valence-corrected chi connectivity index (χ4v) is 6.45. The monoisotopic (exact) mass is 776 g/mol. The first-order valence-electron chi connectivity index (χ1n) is 18.6. The molecule has 0 bridgehead atoms. The van der Waals surface area contributed by atoms with Crippen LogP contribution in [0.25, 0.3) is 11.1 Å². The van der Waals surface area contributed by atoms with Gasteiger partial charge in [-0.2, -0.15) is 0 Å². The number of alkyl carbamates (subject to hydrolysis) is 1. The maximum atomic E-state index is 15.2. The Balaban J connectivity index is 1.39. The van der Waals surface area contributed by atoms with Crippen molar-refractivity contribution in [1.29, 1.82) is 0 Å². The van der Waals surface area contributed by atoms with Crippen LogP contribution in [-0.2, 0) is 56.5 Å². The number of rotatable bonds is 18. The summed E-state index contributed by atoms with van der Waals surface area (Å²) in [4.78, 5) is 39.5. The third kappa shape index (κ3) is 13.2. The third-order valence-electron chi connectivity index (χ3n) is 8.95. The molecule has 5 aromatic rings. The molecule has 56 heavy (non-hydrogen) atoms. The number of carbonyl (C=O) groups is 3. The second-order valence-electron chi connectivity index (χ2n) is 14.7. The van der Waals surface area contributed by atoms with E-state index in [9.17, 15) is 14.4 Å². The zero-order valence-electron chi connectivity index (χ0n) is 32.0. The fraction of sp³-hybridized carbons (Fsp3) is 0.267. The molecule has 11 heteroatoms. The second-order valence-corrected chi connectivity index (χ2v) is 20.4. The van der Waals surface area contributed by atoms with Crippen LogP contribution in [0.15, 0.2) is 127 Å². The van der Waals surface area contributed by atoms with E-state index in [2.05, 4.69) is 25.0 Å². The van der Waals surface area contributed by atoms with Gasteiger partial charge in [0.05, 0.1) is 6.61 Å². The molecule has 0 aliphatic rings. The Bertz CT molecular complexity index is 2040. The summed E-state index contributed by atoms with van der Waals surface area (Å²) in [7, 11) is -1.53. The van der Waals surface area contributed by atoms with Crippen molar-refractivity contribution in [1.82, 2.24) is 5.32 Å². The van der Waals surface area contributed by atoms with Gasteiger partial charge in [-0.25, -0.2) is 14.0 Å². The lowest BCUT2D eigenvalue weighted by Gasteiger charge is -2.21. The quantitative estimate of drug-likeness (QED) is 0.0517. The standard InChI is InChI=1S/C45H49FN2O7Si/c1-56(2,3)24-23-52-44(50)41(48-45(51)55-31-34-17-11-6-12-18-34)28-38-26-36(20-22-42(38)53-29-32-13-7-4-8-14-32)35-19-21-39(46)37(25-35)27-40(47)43(49)54-30-33-15-9-5-10-16-33/h4-22,25-26,40-41H,23-24,27-31,47H2,1-3H3,(H,48,51)/t40-,41?/m0/s1. The Morgan fingerprint density at radius 2 is 1.18 bits per heavy atom. The molecule has 0 saturated carbocycles. The number of hydrogen-bond donors (Lipinski definition) is 2. The summed E-state index contributed by atoms with van der Waals surface area (Å²) in [6.07, 6.45) is -0.847. The average Bonchev–Trinajstić information content (AvgIpc) is 3.19. The van der Waals surface area contributed by atoms with Gasteiger partial charge in [0.2, 0.25) is 0 Å². The molecular formula is C45H49FN2O7Si. The van der Waals surface area contributed by atoms with Gasteiger partial charge in [0, 0.05) is 20.9 Å². The number of nitrogens with two attached hydrogens (primary N) is 1. The molecule has 0 aromatic heterocycles. The Morgan fingerprint density at radius 3 is 1.77 bits per heavy atom. The van der Waals surface area contributed by atoms with Crippen molar-refractivity contribution >= 4 is 26.1 Å². The summed E-state index contributed by atoms with van der Waals surface area (Å²) < 4.78 is 38.0. The average molecular weight is 777 g/mol. The Morgan fingerprint density at radius 1 is 0.643 bits per heavy atom. The number of hydrogen-bond acceptors (Lipinski definition) is 8. The first kappa shape index (κ1) is 41.4. The summed E-state index contributed by atoms with van der Waals surface area (Å²) in [6, 6.07) is 36.7. The molecule has 3 N–H and O–H groups in total. The maximum absolute atomic E-state index is 15.2. The van der Waals surface area contributed by atoms with Crippen molar-refractivity contribution in [3.63, 3.8) is 0 Å². The van der Waals surface area contributed by atoms with Gasteiger partial charge in [-0.15, -0.1) is 0 Å². The van der Waals surface area contributed by atoms with E-state index in [1.165, 1.54) is 6.07 Å². The number of nitrogens with one attached hydrogen (secondary N) is 1. The molecule has 0 saturated heterocycles. The van der Waals surface area contributed by atoms with E-state index in [-0.39, 0.29) is 44.8 Å². The van der Waals surface area contributed by atoms with Crippen molar-refractivity contribution in [3.8, 4) is 16.9 Å². The molecule has 0 aliphatic carbocycles. The van der Waals surface area contributed by atoms with Gasteiger partial charge in [-0.1, -0.05) is 123 Å². The zero-order valence-corrected chi connectivity index (χ0v) is 33.0. The molecule has 0 radical (unpaired) electrons. The minimum absolute atomic E-state index is 0.0103. The van der Waals surface area contributed by atoms with Gasteiger partial charge in [-0.3, -0.25) is 4.79 Å². The highest BCUT2D eigenvalue weighted by atomic mass is 28.3. The molecule has 0 aliphatic heterocycles. The highest BCUT2D eigenvalue weighted by Crippen LogP contribution is 2.30. The third-order valence-corrected chi connectivity index (χ3v) is 10.7. The summed E-state index contributed by atoms with van der Waals surface area (Å²) in [6.45, 7) is 7.12. The van der Waals surface area contributed by atoms with Crippen LogP contribution in [0, 0.1) is 5.82 Å². The highest BCUT2D eigenvalue weighted by molar-refractivity contribution is 6.76. The van der Waals surface area contributed by atoms with Gasteiger partial charge in [0.25, 0.3) is 0 Å². The normalized spacial score (nSPS) is 12.2. The van der Waals surface area contributed by atoms with E-state index in [0.717, 1.165) is 22.7 Å². The molecular weight excluding hydrogens is 728 g/mol. The number of halogens is 1. The minimum atomic E-state index is -1.53. The van der Waals surface area contributed by atoms with Gasteiger partial charge in [0.15, 0.2) is 0 Å². The number of benzene rings is 5. The Labute approximate surface area is 329 Å². The highest BCUT2D eigenvalue weighted by Gasteiger charge is 2.27. The van der Waals surface area contributed by atoms with Gasteiger partial charge in [-0.05, 0) is 69.3 Å². The Hall–Kier alpha value is -5.78. The van der Waals surface area contributed by atoms with Crippen LogP contribution in [0.1, 0.15) is 27.8 Å². The van der Waals surface area contributed by atoms with Crippen LogP contribution < -0.4 is 15.8 Å². The van der Waals surface area contributed by atoms with Gasteiger partial charge < -0.3 is 30.0 Å². The van der Waals surface area contributed by atoms with E-state index in [0.29, 0.717) is 22.4 Å². The van der Waals surface area contributed by atoms with Crippen molar-refractivity contribution in [3.05, 3.63) is 161 Å². The van der Waals surface area contributed by atoms with Crippen molar-refractivity contribution in [2.24, 2.45) is 5.73 Å². The van der Waals surface area contributed by atoms with Crippen LogP contribution in [0.4, 0.5) is 9.18 Å². The lowest BCUT2D eigenvalue weighted by molar-refractivity contribution is -0.147. The molecule has 9 nitrogen and oxygen atoms in total. The Kier molecular flexibility index (Phi) is 14.9. The lowest BCUT2D eigenvalue weighted by Crippen LogP contribution is -2.44. The molecule has 292 valence electrons. The minimum Gasteiger partial charge on any atom is -0.489 e. The first-order valence-corrected chi connectivity index (χ1v) is 22.3. The summed E-state index contributed by atoms with van der Waals surface area (Å²) >= 11 is 0. The molecule has 5 aromatic carbocycles. The van der Waals surface area contributed by atoms with Crippen molar-refractivity contribution < 1.29 is 37.7 Å². The first-order chi connectivity index (χ1) is 26.9. The second kappa shape index (κ2) is 20.2. The van der Waals surface area contributed by atoms with E-state index < -0.39 is 44.0 Å². The number of ether oxygens (including phenoxy) is 4. The molecule has 2 atom stereocenters. The molecule has 1 unspecified atom stereocenters. The van der Waals surface area contributed by atoms with Crippen molar-refractivity contribution in [2.75, 3.05) is 6.61 Å². The van der Waals surface area contributed by atoms with Crippen LogP contribution in [0.2, 0.25) is 25.7 Å². The fourth-order valence-electron chi connectivity index (χ4n) is 5.74. The maximum Gasteiger partial charge on any atom is 0.408 e. The topological polar surface area (TPSA) is 126 Å². The zero-order chi connectivity index (χ0) is 39.9. The molecule has 1 amide bonds. The smallest absolute Gasteiger partial charge is 0.408 e. The largest absolute Gasteiger partial charge is 0.489 e. The molecule has 5 rings (SSSR count). The van der Waals surface area contributed by atoms with E-state index in [1.54, 1.807) is 18.2 Å². The van der Waals surface area contributed by atoms with Crippen LogP contribution in [-0.4, -0.2) is 44.8 Å². The summed E-state index contributed by atoms with van der Waals surface area (Å²) in [5.41, 5.74) is 10.9. The number of carbonyl (C=O) groups excluding carboxylic acids is 3. The van der Waals surface area contributed by atoms with Crippen molar-refractivity contribution in [2.45, 2.75) is 70.4 Å². The van der Waals surface area contributed by atoms with Gasteiger partial charge >= 0.3 is 18.0 Å². The summed E-state index contributed by atoms with van der Waals surface area (Å²) in [5, 5.41) is 2.73. The molecule has 0 fully saturated rings. The van der Waals surface area contributed by atoms with Crippen LogP contribution in [0.5, 0.6) is 5.75 Å². The molecule has 0 heterocycles. The predicted octanol–water partition coefficient (Wildman–Crippen LogP) is 8.40. The number of amides is 1. The SMILES string of the molecule is C[Si](C)(C)CCOC(=O)C(Cc1cc(-c2ccc(F)c(C[C@H](N)C(=O)OCc3ccccc3)c2)ccc1OCc1ccccc1)NC(=O)OCc1ccccc1. The summed E-state index contributed by atoms with van der Waals surface area (Å²) in [5.74, 6) is -1.26. The predicted molar refractivity (Wildman–Crippen MR) is 217 cm³/mol. The number of esters is 2. The van der Waals surface area contributed by atoms with Crippen LogP contribution in [0.3, 0.4) is 0 Å². The van der Waals surface area contributed by atoms with Crippen LogP contribution >= 0.6 is 0 Å². The molecule has 0 spiro atoms. The van der Waals surface area contributed by atoms with E-state index in [4.69, 9.17) is 24.7 Å². The van der Waals surface area contributed by atoms with E-state index in [1.807, 2.05) is 103 Å². The lowest BCUT2D eigenvalue weighted by atomic mass is 9.95. The van der Waals surface area contributed by atoms with Gasteiger partial charge in [0.1, 0.15) is 43.5 Å². The van der Waals surface area contributed by atoms with E-state index >= 15 is 4.39 Å².